The van der Waals surface area contributed by atoms with Crippen LogP contribution in [0.4, 0.5) is 5.82 Å². The van der Waals surface area contributed by atoms with Crippen LogP contribution in [-0.4, -0.2) is 30.5 Å². The van der Waals surface area contributed by atoms with Gasteiger partial charge in [0.15, 0.2) is 0 Å². The number of hydrogen-bond donors (Lipinski definition) is 2. The van der Waals surface area contributed by atoms with E-state index in [0.717, 1.165) is 31.9 Å². The fourth-order valence-electron chi connectivity index (χ4n) is 2.34. The summed E-state index contributed by atoms with van der Waals surface area (Å²) in [6.07, 6.45) is 2.68. The number of hydrogen-bond acceptors (Lipinski definition) is 4. The van der Waals surface area contributed by atoms with Crippen LogP contribution in [0.1, 0.15) is 25.8 Å². The van der Waals surface area contributed by atoms with E-state index in [1.807, 2.05) is 19.2 Å². The van der Waals surface area contributed by atoms with Crippen molar-refractivity contribution in [1.29, 1.82) is 0 Å². The number of nitrogens with one attached hydrogen (secondary N) is 1. The molecule has 0 aromatic carbocycles. The van der Waals surface area contributed by atoms with E-state index in [4.69, 9.17) is 5.73 Å². The zero-order valence-corrected chi connectivity index (χ0v) is 11.6. The van der Waals surface area contributed by atoms with Gasteiger partial charge in [-0.05, 0) is 31.5 Å². The van der Waals surface area contributed by atoms with Gasteiger partial charge in [0.05, 0.1) is 5.41 Å². The second kappa shape index (κ2) is 5.57. The van der Waals surface area contributed by atoms with Crippen LogP contribution in [0.2, 0.25) is 0 Å². The highest BCUT2D eigenvalue weighted by Crippen LogP contribution is 2.31. The van der Waals surface area contributed by atoms with E-state index < -0.39 is 5.41 Å². The van der Waals surface area contributed by atoms with E-state index >= 15 is 0 Å². The molecule has 3 N–H and O–H groups in total. The van der Waals surface area contributed by atoms with Gasteiger partial charge >= 0.3 is 0 Å². The average molecular weight is 262 g/mol. The van der Waals surface area contributed by atoms with Crippen LogP contribution in [0, 0.1) is 5.41 Å². The summed E-state index contributed by atoms with van der Waals surface area (Å²) in [5, 5.41) is 3.27. The lowest BCUT2D eigenvalue weighted by Gasteiger charge is -2.21. The minimum absolute atomic E-state index is 0.223. The number of carbonyl (C=O) groups is 1. The monoisotopic (exact) mass is 262 g/mol. The highest BCUT2D eigenvalue weighted by atomic mass is 16.1. The van der Waals surface area contributed by atoms with Gasteiger partial charge in [-0.3, -0.25) is 4.79 Å². The van der Waals surface area contributed by atoms with Crippen molar-refractivity contribution in [3.8, 4) is 0 Å². The van der Waals surface area contributed by atoms with Gasteiger partial charge in [0, 0.05) is 25.8 Å². The van der Waals surface area contributed by atoms with Gasteiger partial charge in [0.2, 0.25) is 5.91 Å². The predicted molar refractivity (Wildman–Crippen MR) is 75.7 cm³/mol. The maximum atomic E-state index is 11.4. The molecule has 2 rings (SSSR count). The standard InChI is InChI=1S/C14H22N4O/c1-3-16-8-11-4-5-12(17-9-11)18-7-6-14(2,10-18)13(15)19/h4-5,9,16H,3,6-8,10H2,1-2H3,(H2,15,19). The van der Waals surface area contributed by atoms with Crippen molar-refractivity contribution in [2.45, 2.75) is 26.8 Å². The van der Waals surface area contributed by atoms with Crippen LogP contribution >= 0.6 is 0 Å². The zero-order chi connectivity index (χ0) is 13.9. The molecule has 0 aliphatic carbocycles. The maximum Gasteiger partial charge on any atom is 0.225 e. The number of pyridine rings is 1. The number of amides is 1. The van der Waals surface area contributed by atoms with Crippen molar-refractivity contribution < 1.29 is 4.79 Å². The normalized spacial score (nSPS) is 22.7. The molecule has 5 nitrogen and oxygen atoms in total. The number of rotatable bonds is 5. The highest BCUT2D eigenvalue weighted by molar-refractivity contribution is 5.82. The van der Waals surface area contributed by atoms with Crippen molar-refractivity contribution >= 4 is 11.7 Å². The first-order chi connectivity index (χ1) is 9.05. The quantitative estimate of drug-likeness (QED) is 0.827. The SMILES string of the molecule is CCNCc1ccc(N2CCC(C)(C(N)=O)C2)nc1. The Labute approximate surface area is 114 Å². The molecule has 104 valence electrons. The number of nitrogens with two attached hydrogens (primary N) is 1. The predicted octanol–water partition coefficient (Wildman–Crippen LogP) is 0.893. The molecule has 1 unspecified atom stereocenters. The van der Waals surface area contributed by atoms with Crippen molar-refractivity contribution in [1.82, 2.24) is 10.3 Å². The molecule has 1 aliphatic heterocycles. The summed E-state index contributed by atoms with van der Waals surface area (Å²) in [6.45, 7) is 7.28. The summed E-state index contributed by atoms with van der Waals surface area (Å²) in [5.41, 5.74) is 6.20. The summed E-state index contributed by atoms with van der Waals surface area (Å²) >= 11 is 0. The summed E-state index contributed by atoms with van der Waals surface area (Å²) in [7, 11) is 0. The van der Waals surface area contributed by atoms with Crippen molar-refractivity contribution in [2.24, 2.45) is 11.1 Å². The van der Waals surface area contributed by atoms with E-state index in [2.05, 4.69) is 28.2 Å². The lowest BCUT2D eigenvalue weighted by molar-refractivity contribution is -0.125. The van der Waals surface area contributed by atoms with Crippen LogP contribution in [0.15, 0.2) is 18.3 Å². The van der Waals surface area contributed by atoms with Crippen molar-refractivity contribution in [2.75, 3.05) is 24.5 Å². The third-order valence-corrected chi connectivity index (χ3v) is 3.78. The number of nitrogens with zero attached hydrogens (tertiary/aromatic N) is 2. The Morgan fingerprint density at radius 1 is 1.58 bits per heavy atom. The zero-order valence-electron chi connectivity index (χ0n) is 11.6. The topological polar surface area (TPSA) is 71.2 Å². The van der Waals surface area contributed by atoms with Crippen LogP contribution in [0.5, 0.6) is 0 Å². The van der Waals surface area contributed by atoms with Crippen LogP contribution in [-0.2, 0) is 11.3 Å². The number of primary amides is 1. The van der Waals surface area contributed by atoms with Crippen molar-refractivity contribution in [3.05, 3.63) is 23.9 Å². The average Bonchev–Trinajstić information content (AvgIpc) is 2.81. The second-order valence-electron chi connectivity index (χ2n) is 5.40. The summed E-state index contributed by atoms with van der Waals surface area (Å²) in [4.78, 5) is 18.0. The van der Waals surface area contributed by atoms with E-state index in [1.165, 1.54) is 5.56 Å². The third kappa shape index (κ3) is 3.04. The minimum Gasteiger partial charge on any atom is -0.369 e. The van der Waals surface area contributed by atoms with Crippen LogP contribution in [0.3, 0.4) is 0 Å². The molecule has 1 fully saturated rings. The Morgan fingerprint density at radius 2 is 2.37 bits per heavy atom. The molecule has 1 atom stereocenters. The van der Waals surface area contributed by atoms with E-state index in [-0.39, 0.29) is 5.91 Å². The molecule has 2 heterocycles. The Hall–Kier alpha value is -1.62. The van der Waals surface area contributed by atoms with Gasteiger partial charge in [-0.15, -0.1) is 0 Å². The maximum absolute atomic E-state index is 11.4. The number of carbonyl (C=O) groups excluding carboxylic acids is 1. The van der Waals surface area contributed by atoms with Gasteiger partial charge < -0.3 is 16.0 Å². The molecule has 0 bridgehead atoms. The molecule has 19 heavy (non-hydrogen) atoms. The lowest BCUT2D eigenvalue weighted by Crippen LogP contribution is -2.37. The Morgan fingerprint density at radius 3 is 2.89 bits per heavy atom. The van der Waals surface area contributed by atoms with Crippen LogP contribution < -0.4 is 16.0 Å². The fourth-order valence-corrected chi connectivity index (χ4v) is 2.34. The third-order valence-electron chi connectivity index (χ3n) is 3.78. The van der Waals surface area contributed by atoms with E-state index in [1.54, 1.807) is 0 Å². The first-order valence-corrected chi connectivity index (χ1v) is 6.75. The molecule has 5 heteroatoms. The molecule has 1 saturated heterocycles. The fraction of sp³-hybridized carbons (Fsp3) is 0.571. The first-order valence-electron chi connectivity index (χ1n) is 6.75. The number of aromatic nitrogens is 1. The Balaban J connectivity index is 2.02. The molecule has 0 saturated carbocycles. The van der Waals surface area contributed by atoms with Gasteiger partial charge in [-0.2, -0.15) is 0 Å². The smallest absolute Gasteiger partial charge is 0.225 e. The molecule has 0 spiro atoms. The van der Waals surface area contributed by atoms with E-state index in [0.29, 0.717) is 6.54 Å². The first kappa shape index (κ1) is 13.8. The molecular weight excluding hydrogens is 240 g/mol. The largest absolute Gasteiger partial charge is 0.369 e. The van der Waals surface area contributed by atoms with Gasteiger partial charge in [-0.1, -0.05) is 13.0 Å². The van der Waals surface area contributed by atoms with Crippen molar-refractivity contribution in [3.63, 3.8) is 0 Å². The Kier molecular flexibility index (Phi) is 4.04. The van der Waals surface area contributed by atoms with Gasteiger partial charge in [0.25, 0.3) is 0 Å². The molecule has 1 amide bonds. The van der Waals surface area contributed by atoms with Gasteiger partial charge in [0.1, 0.15) is 5.82 Å². The molecule has 1 aliphatic rings. The Bertz CT molecular complexity index is 445. The lowest BCUT2D eigenvalue weighted by atomic mass is 9.89. The van der Waals surface area contributed by atoms with Gasteiger partial charge in [-0.25, -0.2) is 4.98 Å². The number of anilines is 1. The highest BCUT2D eigenvalue weighted by Gasteiger charge is 2.39. The molecule has 1 aromatic heterocycles. The molecule has 1 aromatic rings. The van der Waals surface area contributed by atoms with Crippen LogP contribution in [0.25, 0.3) is 0 Å². The van der Waals surface area contributed by atoms with E-state index in [9.17, 15) is 4.79 Å². The summed E-state index contributed by atoms with van der Waals surface area (Å²) in [5.74, 6) is 0.698. The second-order valence-corrected chi connectivity index (χ2v) is 5.40. The molecule has 0 radical (unpaired) electrons. The molecular formula is C14H22N4O. The minimum atomic E-state index is -0.426. The summed E-state index contributed by atoms with van der Waals surface area (Å²) in [6, 6.07) is 4.09. The summed E-state index contributed by atoms with van der Waals surface area (Å²) < 4.78 is 0.